The van der Waals surface area contributed by atoms with Crippen molar-refractivity contribution < 1.29 is 9.53 Å². The first-order valence-corrected chi connectivity index (χ1v) is 6.22. The number of carbonyl (C=O) groups excluding carboxylic acids is 1. The van der Waals surface area contributed by atoms with Gasteiger partial charge in [0, 0.05) is 13.1 Å². The van der Waals surface area contributed by atoms with Crippen LogP contribution in [0.5, 0.6) is 5.75 Å². The molecule has 4 nitrogen and oxygen atoms in total. The van der Waals surface area contributed by atoms with Crippen LogP contribution in [0.4, 0.5) is 0 Å². The summed E-state index contributed by atoms with van der Waals surface area (Å²) in [5, 5.41) is 6.16. The van der Waals surface area contributed by atoms with E-state index in [1.165, 1.54) is 0 Å². The molecular weight excluding hydrogens is 252 g/mol. The minimum absolute atomic E-state index is 0.182. The smallest absolute Gasteiger partial charge is 0.260 e. The molecule has 2 atom stereocenters. The Morgan fingerprint density at radius 1 is 1.33 bits per heavy atom. The summed E-state index contributed by atoms with van der Waals surface area (Å²) in [6.45, 7) is 3.72. The Bertz CT molecular complexity index is 423. The summed E-state index contributed by atoms with van der Waals surface area (Å²) in [5.74, 6) is 0.332. The minimum Gasteiger partial charge on any atom is -0.479 e. The third-order valence-electron chi connectivity index (χ3n) is 2.81. The van der Waals surface area contributed by atoms with Crippen LogP contribution in [0.3, 0.4) is 0 Å². The summed E-state index contributed by atoms with van der Waals surface area (Å²) in [4.78, 5) is 11.4. The number of rotatable bonds is 5. The molecule has 1 aromatic rings. The van der Waals surface area contributed by atoms with E-state index in [1.54, 1.807) is 20.0 Å². The van der Waals surface area contributed by atoms with E-state index in [2.05, 4.69) is 10.6 Å². The summed E-state index contributed by atoms with van der Waals surface area (Å²) in [6, 6.07) is 5.77. The van der Waals surface area contributed by atoms with Gasteiger partial charge in [-0.3, -0.25) is 4.79 Å². The van der Waals surface area contributed by atoms with Gasteiger partial charge in [0.25, 0.3) is 5.91 Å². The van der Waals surface area contributed by atoms with Crippen molar-refractivity contribution in [3.8, 4) is 5.75 Å². The van der Waals surface area contributed by atoms with Gasteiger partial charge in [-0.05, 0) is 38.6 Å². The summed E-state index contributed by atoms with van der Waals surface area (Å²) in [7, 11) is 3.46. The molecule has 0 aliphatic heterocycles. The molecule has 0 bridgehead atoms. The summed E-state index contributed by atoms with van der Waals surface area (Å²) in [6.07, 6.45) is -0.569. The molecule has 0 spiro atoms. The van der Waals surface area contributed by atoms with Gasteiger partial charge in [0.1, 0.15) is 5.75 Å². The third kappa shape index (κ3) is 3.62. The van der Waals surface area contributed by atoms with Gasteiger partial charge in [0.15, 0.2) is 6.10 Å². The molecule has 0 saturated heterocycles. The fourth-order valence-corrected chi connectivity index (χ4v) is 1.73. The maximum absolute atomic E-state index is 11.4. The lowest BCUT2D eigenvalue weighted by Crippen LogP contribution is -2.33. The van der Waals surface area contributed by atoms with Gasteiger partial charge in [-0.2, -0.15) is 0 Å². The second-order valence-electron chi connectivity index (χ2n) is 4.07. The summed E-state index contributed by atoms with van der Waals surface area (Å²) in [5.41, 5.74) is 1.07. The molecule has 1 amide bonds. The van der Waals surface area contributed by atoms with E-state index in [1.807, 2.05) is 26.1 Å². The van der Waals surface area contributed by atoms with Crippen molar-refractivity contribution in [2.45, 2.75) is 26.0 Å². The molecule has 2 unspecified atom stereocenters. The molecule has 18 heavy (non-hydrogen) atoms. The number of amides is 1. The first kappa shape index (κ1) is 14.8. The molecule has 0 radical (unpaired) electrons. The molecule has 100 valence electrons. The van der Waals surface area contributed by atoms with Crippen LogP contribution in [0.2, 0.25) is 5.02 Å². The number of carbonyl (C=O) groups is 1. The van der Waals surface area contributed by atoms with Gasteiger partial charge in [0.2, 0.25) is 0 Å². The van der Waals surface area contributed by atoms with Crippen molar-refractivity contribution in [1.82, 2.24) is 10.6 Å². The molecule has 0 saturated carbocycles. The lowest BCUT2D eigenvalue weighted by Gasteiger charge is -2.16. The Hall–Kier alpha value is -1.26. The highest BCUT2D eigenvalue weighted by molar-refractivity contribution is 6.32. The standard InChI is InChI=1S/C13H19ClN2O2/c1-8(15-3)10-5-6-12(11(14)7-10)18-9(2)13(17)16-4/h5-9,15H,1-4H3,(H,16,17). The molecule has 2 N–H and O–H groups in total. The first-order chi connectivity index (χ1) is 8.49. The monoisotopic (exact) mass is 270 g/mol. The average Bonchev–Trinajstić information content (AvgIpc) is 2.38. The molecule has 0 heterocycles. The highest BCUT2D eigenvalue weighted by atomic mass is 35.5. The van der Waals surface area contributed by atoms with Gasteiger partial charge in [-0.1, -0.05) is 17.7 Å². The highest BCUT2D eigenvalue weighted by Crippen LogP contribution is 2.28. The Kier molecular flexibility index (Phi) is 5.44. The van der Waals surface area contributed by atoms with E-state index in [0.29, 0.717) is 10.8 Å². The fourth-order valence-electron chi connectivity index (χ4n) is 1.50. The number of hydrogen-bond donors (Lipinski definition) is 2. The van der Waals surface area contributed by atoms with Crippen LogP contribution in [0, 0.1) is 0 Å². The van der Waals surface area contributed by atoms with E-state index >= 15 is 0 Å². The molecule has 0 fully saturated rings. The second kappa shape index (κ2) is 6.61. The third-order valence-corrected chi connectivity index (χ3v) is 3.10. The number of ether oxygens (including phenoxy) is 1. The molecule has 0 aliphatic rings. The Morgan fingerprint density at radius 3 is 2.50 bits per heavy atom. The van der Waals surface area contributed by atoms with Crippen molar-refractivity contribution in [2.24, 2.45) is 0 Å². The van der Waals surface area contributed by atoms with Gasteiger partial charge in [0.05, 0.1) is 5.02 Å². The Labute approximate surface area is 113 Å². The van der Waals surface area contributed by atoms with Crippen molar-refractivity contribution in [3.05, 3.63) is 28.8 Å². The molecule has 1 rings (SSSR count). The second-order valence-corrected chi connectivity index (χ2v) is 4.48. The topological polar surface area (TPSA) is 50.4 Å². The molecule has 0 aliphatic carbocycles. The van der Waals surface area contributed by atoms with Crippen LogP contribution >= 0.6 is 11.6 Å². The lowest BCUT2D eigenvalue weighted by atomic mass is 10.1. The predicted molar refractivity (Wildman–Crippen MR) is 73.1 cm³/mol. The van der Waals surface area contributed by atoms with Gasteiger partial charge < -0.3 is 15.4 Å². The average molecular weight is 271 g/mol. The van der Waals surface area contributed by atoms with E-state index in [4.69, 9.17) is 16.3 Å². The molecular formula is C13H19ClN2O2. The number of benzene rings is 1. The number of likely N-dealkylation sites (N-methyl/N-ethyl adjacent to an activating group) is 1. The normalized spacial score (nSPS) is 13.8. The number of halogens is 1. The van der Waals surface area contributed by atoms with Crippen LogP contribution < -0.4 is 15.4 Å². The van der Waals surface area contributed by atoms with Gasteiger partial charge >= 0.3 is 0 Å². The molecule has 0 aromatic heterocycles. The van der Waals surface area contributed by atoms with Crippen LogP contribution in [0.15, 0.2) is 18.2 Å². The summed E-state index contributed by atoms with van der Waals surface area (Å²) >= 11 is 6.14. The quantitative estimate of drug-likeness (QED) is 0.862. The van der Waals surface area contributed by atoms with Crippen LogP contribution in [0.1, 0.15) is 25.5 Å². The predicted octanol–water partition coefficient (Wildman–Crippen LogP) is 2.13. The first-order valence-electron chi connectivity index (χ1n) is 5.84. The fraction of sp³-hybridized carbons (Fsp3) is 0.462. The van der Waals surface area contributed by atoms with Crippen LogP contribution in [0.25, 0.3) is 0 Å². The van der Waals surface area contributed by atoms with Crippen LogP contribution in [-0.4, -0.2) is 26.1 Å². The van der Waals surface area contributed by atoms with E-state index in [9.17, 15) is 4.79 Å². The zero-order chi connectivity index (χ0) is 13.7. The van der Waals surface area contributed by atoms with Crippen molar-refractivity contribution in [1.29, 1.82) is 0 Å². The summed E-state index contributed by atoms with van der Waals surface area (Å²) < 4.78 is 5.50. The Balaban J connectivity index is 2.83. The van der Waals surface area contributed by atoms with E-state index in [-0.39, 0.29) is 11.9 Å². The molecule has 5 heteroatoms. The number of hydrogen-bond acceptors (Lipinski definition) is 3. The number of nitrogens with one attached hydrogen (secondary N) is 2. The van der Waals surface area contributed by atoms with Crippen molar-refractivity contribution >= 4 is 17.5 Å². The minimum atomic E-state index is -0.569. The Morgan fingerprint density at radius 2 is 2.00 bits per heavy atom. The lowest BCUT2D eigenvalue weighted by molar-refractivity contribution is -0.126. The largest absolute Gasteiger partial charge is 0.479 e. The van der Waals surface area contributed by atoms with Crippen LogP contribution in [-0.2, 0) is 4.79 Å². The molecule has 1 aromatic carbocycles. The zero-order valence-electron chi connectivity index (χ0n) is 11.1. The maximum atomic E-state index is 11.4. The highest BCUT2D eigenvalue weighted by Gasteiger charge is 2.15. The van der Waals surface area contributed by atoms with Crippen molar-refractivity contribution in [2.75, 3.05) is 14.1 Å². The van der Waals surface area contributed by atoms with Gasteiger partial charge in [-0.15, -0.1) is 0 Å². The van der Waals surface area contributed by atoms with E-state index < -0.39 is 6.10 Å². The van der Waals surface area contributed by atoms with E-state index in [0.717, 1.165) is 5.56 Å². The van der Waals surface area contributed by atoms with Crippen molar-refractivity contribution in [3.63, 3.8) is 0 Å². The zero-order valence-corrected chi connectivity index (χ0v) is 11.8. The van der Waals surface area contributed by atoms with Gasteiger partial charge in [-0.25, -0.2) is 0 Å². The maximum Gasteiger partial charge on any atom is 0.260 e. The SMILES string of the molecule is CNC(=O)C(C)Oc1ccc(C(C)NC)cc1Cl.